The largest absolute Gasteiger partial charge is 0.342 e. The van der Waals surface area contributed by atoms with Crippen molar-refractivity contribution in [2.24, 2.45) is 0 Å². The van der Waals surface area contributed by atoms with Gasteiger partial charge < -0.3 is 4.90 Å². The van der Waals surface area contributed by atoms with Gasteiger partial charge in [-0.05, 0) is 15.9 Å². The van der Waals surface area contributed by atoms with Crippen LogP contribution in [-0.2, 0) is 0 Å². The van der Waals surface area contributed by atoms with E-state index in [1.54, 1.807) is 14.1 Å². The quantitative estimate of drug-likeness (QED) is 0.737. The molecule has 1 rings (SSSR count). The first-order valence-corrected chi connectivity index (χ1v) is 3.70. The molecule has 1 aromatic heterocycles. The minimum atomic E-state index is -0.216. The van der Waals surface area contributed by atoms with Gasteiger partial charge in [0.05, 0.1) is 0 Å². The maximum absolute atomic E-state index is 11.1. The summed E-state index contributed by atoms with van der Waals surface area (Å²) in [6, 6.07) is 0. The standard InChI is InChI=1S/C5H7BrN4O/c1-10(2)4(11)3-7-5(6)9-8-3/h1-2H3,(H,7,8,9). The predicted octanol–water partition coefficient (Wildman–Crippen LogP) is 0.269. The van der Waals surface area contributed by atoms with E-state index in [4.69, 9.17) is 0 Å². The molecule has 0 atom stereocenters. The van der Waals surface area contributed by atoms with Crippen LogP contribution in [0.4, 0.5) is 0 Å². The lowest BCUT2D eigenvalue weighted by Crippen LogP contribution is -2.22. The van der Waals surface area contributed by atoms with E-state index in [9.17, 15) is 4.79 Å². The molecule has 0 unspecified atom stereocenters. The molecule has 0 bridgehead atoms. The van der Waals surface area contributed by atoms with E-state index < -0.39 is 0 Å². The molecular formula is C5H7BrN4O. The highest BCUT2D eigenvalue weighted by Gasteiger charge is 2.12. The third kappa shape index (κ3) is 1.76. The number of amides is 1. The van der Waals surface area contributed by atoms with Crippen LogP contribution < -0.4 is 0 Å². The Morgan fingerprint density at radius 1 is 1.64 bits per heavy atom. The van der Waals surface area contributed by atoms with Crippen molar-refractivity contribution in [3.63, 3.8) is 0 Å². The van der Waals surface area contributed by atoms with Gasteiger partial charge >= 0.3 is 0 Å². The molecule has 0 aliphatic heterocycles. The highest BCUT2D eigenvalue weighted by molar-refractivity contribution is 9.10. The average Bonchev–Trinajstić information content (AvgIpc) is 2.34. The molecule has 1 amide bonds. The number of nitrogens with one attached hydrogen (secondary N) is 1. The van der Waals surface area contributed by atoms with E-state index >= 15 is 0 Å². The molecule has 1 aromatic rings. The van der Waals surface area contributed by atoms with Crippen molar-refractivity contribution in [3.8, 4) is 0 Å². The normalized spacial score (nSPS) is 9.73. The van der Waals surface area contributed by atoms with Crippen LogP contribution in [0.2, 0.25) is 0 Å². The third-order valence-electron chi connectivity index (χ3n) is 1.06. The number of aromatic nitrogens is 3. The summed E-state index contributed by atoms with van der Waals surface area (Å²) in [7, 11) is 3.29. The summed E-state index contributed by atoms with van der Waals surface area (Å²) in [5.41, 5.74) is 0. The summed E-state index contributed by atoms with van der Waals surface area (Å²) in [4.78, 5) is 16.3. The zero-order chi connectivity index (χ0) is 8.43. The van der Waals surface area contributed by atoms with Crippen LogP contribution in [0.5, 0.6) is 0 Å². The molecule has 0 aliphatic rings. The number of hydrogen-bond acceptors (Lipinski definition) is 3. The van der Waals surface area contributed by atoms with E-state index in [2.05, 4.69) is 31.1 Å². The van der Waals surface area contributed by atoms with Crippen LogP contribution in [-0.4, -0.2) is 40.1 Å². The van der Waals surface area contributed by atoms with E-state index in [0.29, 0.717) is 4.73 Å². The molecule has 0 radical (unpaired) electrons. The molecule has 5 nitrogen and oxygen atoms in total. The van der Waals surface area contributed by atoms with Crippen molar-refractivity contribution in [2.45, 2.75) is 0 Å². The van der Waals surface area contributed by atoms with Crippen molar-refractivity contribution in [1.82, 2.24) is 20.1 Å². The minimum absolute atomic E-state index is 0.168. The Hall–Kier alpha value is -0.910. The summed E-state index contributed by atoms with van der Waals surface area (Å²) in [6.07, 6.45) is 0. The lowest BCUT2D eigenvalue weighted by molar-refractivity contribution is 0.0816. The summed E-state index contributed by atoms with van der Waals surface area (Å²) < 4.78 is 0.461. The highest BCUT2D eigenvalue weighted by atomic mass is 79.9. The molecule has 60 valence electrons. The molecule has 0 spiro atoms. The van der Waals surface area contributed by atoms with Gasteiger partial charge in [-0.15, -0.1) is 5.10 Å². The summed E-state index contributed by atoms with van der Waals surface area (Å²) in [5, 5.41) is 6.18. The second-order valence-corrected chi connectivity index (χ2v) is 2.90. The van der Waals surface area contributed by atoms with Crippen molar-refractivity contribution >= 4 is 21.8 Å². The molecule has 0 fully saturated rings. The fourth-order valence-electron chi connectivity index (χ4n) is 0.538. The fraction of sp³-hybridized carbons (Fsp3) is 0.400. The lowest BCUT2D eigenvalue weighted by atomic mass is 10.5. The number of halogens is 1. The summed E-state index contributed by atoms with van der Waals surface area (Å²) >= 11 is 3.05. The van der Waals surface area contributed by atoms with E-state index in [-0.39, 0.29) is 11.7 Å². The van der Waals surface area contributed by atoms with Crippen molar-refractivity contribution in [3.05, 3.63) is 10.6 Å². The maximum atomic E-state index is 11.1. The van der Waals surface area contributed by atoms with Crippen LogP contribution in [0.3, 0.4) is 0 Å². The molecule has 0 aromatic carbocycles. The van der Waals surface area contributed by atoms with Crippen LogP contribution in [0.15, 0.2) is 4.73 Å². The predicted molar refractivity (Wildman–Crippen MR) is 42.1 cm³/mol. The Kier molecular flexibility index (Phi) is 2.23. The number of aromatic amines is 1. The van der Waals surface area contributed by atoms with Gasteiger partial charge in [-0.2, -0.15) is 4.98 Å². The van der Waals surface area contributed by atoms with Gasteiger partial charge in [0.25, 0.3) is 5.91 Å². The Morgan fingerprint density at radius 3 is 2.64 bits per heavy atom. The zero-order valence-corrected chi connectivity index (χ0v) is 7.71. The van der Waals surface area contributed by atoms with Gasteiger partial charge in [-0.25, -0.2) is 0 Å². The average molecular weight is 219 g/mol. The third-order valence-corrected chi connectivity index (χ3v) is 1.41. The number of carbonyl (C=O) groups is 1. The molecule has 0 saturated carbocycles. The SMILES string of the molecule is CN(C)C(=O)c1n[nH]c(Br)n1. The van der Waals surface area contributed by atoms with Gasteiger partial charge in [0, 0.05) is 14.1 Å². The molecule has 0 aliphatic carbocycles. The van der Waals surface area contributed by atoms with Crippen LogP contribution in [0.1, 0.15) is 10.6 Å². The zero-order valence-electron chi connectivity index (χ0n) is 6.13. The Labute approximate surface area is 71.9 Å². The number of nitrogens with zero attached hydrogens (tertiary/aromatic N) is 3. The van der Waals surface area contributed by atoms with E-state index in [1.807, 2.05) is 0 Å². The number of H-pyrrole nitrogens is 1. The first kappa shape index (κ1) is 8.19. The van der Waals surface area contributed by atoms with Crippen molar-refractivity contribution < 1.29 is 4.79 Å². The summed E-state index contributed by atoms with van der Waals surface area (Å²) in [5.74, 6) is -0.0474. The van der Waals surface area contributed by atoms with E-state index in [0.717, 1.165) is 0 Å². The Morgan fingerprint density at radius 2 is 2.27 bits per heavy atom. The number of carbonyl (C=O) groups excluding carboxylic acids is 1. The maximum Gasteiger partial charge on any atom is 0.293 e. The van der Waals surface area contributed by atoms with E-state index in [1.165, 1.54) is 4.90 Å². The molecule has 6 heteroatoms. The molecule has 1 N–H and O–H groups in total. The second-order valence-electron chi connectivity index (χ2n) is 2.15. The molecular weight excluding hydrogens is 212 g/mol. The molecule has 1 heterocycles. The van der Waals surface area contributed by atoms with Gasteiger partial charge in [0.1, 0.15) is 0 Å². The Bertz CT molecular complexity index is 269. The summed E-state index contributed by atoms with van der Waals surface area (Å²) in [6.45, 7) is 0. The number of rotatable bonds is 1. The second kappa shape index (κ2) is 3.00. The Balaban J connectivity index is 2.85. The first-order valence-electron chi connectivity index (χ1n) is 2.91. The van der Waals surface area contributed by atoms with Gasteiger partial charge in [0.15, 0.2) is 4.73 Å². The van der Waals surface area contributed by atoms with Crippen LogP contribution in [0, 0.1) is 0 Å². The van der Waals surface area contributed by atoms with Gasteiger partial charge in [0.2, 0.25) is 5.82 Å². The van der Waals surface area contributed by atoms with Gasteiger partial charge in [-0.3, -0.25) is 9.89 Å². The van der Waals surface area contributed by atoms with Gasteiger partial charge in [-0.1, -0.05) is 0 Å². The van der Waals surface area contributed by atoms with Crippen molar-refractivity contribution in [1.29, 1.82) is 0 Å². The van der Waals surface area contributed by atoms with Crippen molar-refractivity contribution in [2.75, 3.05) is 14.1 Å². The molecule has 11 heavy (non-hydrogen) atoms. The molecule has 0 saturated heterocycles. The smallest absolute Gasteiger partial charge is 0.293 e. The topological polar surface area (TPSA) is 61.9 Å². The van der Waals surface area contributed by atoms with Crippen LogP contribution >= 0.6 is 15.9 Å². The minimum Gasteiger partial charge on any atom is -0.342 e. The first-order chi connectivity index (χ1) is 5.11. The lowest BCUT2D eigenvalue weighted by Gasteiger charge is -2.04. The number of hydrogen-bond donors (Lipinski definition) is 1. The highest BCUT2D eigenvalue weighted by Crippen LogP contribution is 2.01. The fourth-order valence-corrected chi connectivity index (χ4v) is 0.794. The van der Waals surface area contributed by atoms with Crippen LogP contribution in [0.25, 0.3) is 0 Å². The monoisotopic (exact) mass is 218 g/mol.